The number of carbonyl (C=O) groups excluding carboxylic acids is 2. The average Bonchev–Trinajstić information content (AvgIpc) is 2.75. The molecule has 5 nitrogen and oxygen atoms in total. The highest BCUT2D eigenvalue weighted by Gasteiger charge is 2.36. The number of cyclic esters (lactones) is 1. The Balaban J connectivity index is 1.47. The number of benzene rings is 1. The lowest BCUT2D eigenvalue weighted by atomic mass is 9.75. The number of hydrogen-bond acceptors (Lipinski definition) is 3. The highest BCUT2D eigenvalue weighted by atomic mass is 16.5. The van der Waals surface area contributed by atoms with Gasteiger partial charge in [-0.2, -0.15) is 0 Å². The Morgan fingerprint density at radius 1 is 1.30 bits per heavy atom. The van der Waals surface area contributed by atoms with Gasteiger partial charge in [0.1, 0.15) is 0 Å². The van der Waals surface area contributed by atoms with Crippen molar-refractivity contribution in [3.05, 3.63) is 35.9 Å². The lowest BCUT2D eigenvalue weighted by Crippen LogP contribution is -2.49. The first-order valence-electron chi connectivity index (χ1n) is 8.34. The molecular formula is C18H24N2O3. The molecule has 2 fully saturated rings. The molecule has 1 heterocycles. The van der Waals surface area contributed by atoms with Gasteiger partial charge < -0.3 is 15.0 Å². The molecule has 2 amide bonds. The molecule has 0 aromatic heterocycles. The molecule has 0 unspecified atom stereocenters. The minimum atomic E-state index is -0.422. The standard InChI is InChI=1S/C18H24N2O3/c1-20(17(21)15-7-8-23-18(22)19-12-15)16-10-14(11-16)9-13-5-3-2-4-6-13/h2-6,14-16H,7-12H2,1H3,(H,19,22)/t14?,15-,16?/m1/s1. The molecule has 124 valence electrons. The maximum absolute atomic E-state index is 12.6. The third-order valence-electron chi connectivity index (χ3n) is 5.01. The number of carbonyl (C=O) groups is 2. The predicted molar refractivity (Wildman–Crippen MR) is 86.9 cm³/mol. The summed E-state index contributed by atoms with van der Waals surface area (Å²) in [6.45, 7) is 0.694. The van der Waals surface area contributed by atoms with E-state index in [0.717, 1.165) is 19.3 Å². The quantitative estimate of drug-likeness (QED) is 0.926. The number of nitrogens with zero attached hydrogens (tertiary/aromatic N) is 1. The lowest BCUT2D eigenvalue weighted by molar-refractivity contribution is -0.139. The Labute approximate surface area is 137 Å². The molecule has 1 saturated carbocycles. The van der Waals surface area contributed by atoms with Crippen molar-refractivity contribution in [1.82, 2.24) is 10.2 Å². The monoisotopic (exact) mass is 316 g/mol. The van der Waals surface area contributed by atoms with E-state index in [1.165, 1.54) is 5.56 Å². The Hall–Kier alpha value is -2.04. The van der Waals surface area contributed by atoms with Gasteiger partial charge in [0.2, 0.25) is 5.91 Å². The van der Waals surface area contributed by atoms with Gasteiger partial charge in [-0.25, -0.2) is 4.79 Å². The van der Waals surface area contributed by atoms with Crippen LogP contribution < -0.4 is 5.32 Å². The van der Waals surface area contributed by atoms with Gasteiger partial charge in [0.25, 0.3) is 0 Å². The molecule has 5 heteroatoms. The van der Waals surface area contributed by atoms with Crippen LogP contribution in [0.3, 0.4) is 0 Å². The summed E-state index contributed by atoms with van der Waals surface area (Å²) in [5, 5.41) is 2.64. The first-order chi connectivity index (χ1) is 11.1. The van der Waals surface area contributed by atoms with E-state index in [1.54, 1.807) is 0 Å². The van der Waals surface area contributed by atoms with Crippen LogP contribution in [0.5, 0.6) is 0 Å². The van der Waals surface area contributed by atoms with Gasteiger partial charge in [0, 0.05) is 19.6 Å². The summed E-state index contributed by atoms with van der Waals surface area (Å²) in [6.07, 6.45) is 3.39. The van der Waals surface area contributed by atoms with E-state index in [0.29, 0.717) is 31.5 Å². The van der Waals surface area contributed by atoms with Crippen LogP contribution in [-0.2, 0) is 16.0 Å². The van der Waals surface area contributed by atoms with Crippen LogP contribution in [0.1, 0.15) is 24.8 Å². The maximum Gasteiger partial charge on any atom is 0.407 e. The van der Waals surface area contributed by atoms with Crippen LogP contribution in [0, 0.1) is 11.8 Å². The van der Waals surface area contributed by atoms with E-state index in [-0.39, 0.29) is 11.8 Å². The van der Waals surface area contributed by atoms with Crippen LogP contribution in [0.15, 0.2) is 30.3 Å². The number of amides is 2. The number of ether oxygens (including phenoxy) is 1. The van der Waals surface area contributed by atoms with Crippen LogP contribution >= 0.6 is 0 Å². The first-order valence-corrected chi connectivity index (χ1v) is 8.34. The van der Waals surface area contributed by atoms with Gasteiger partial charge in [-0.15, -0.1) is 0 Å². The Morgan fingerprint density at radius 2 is 2.04 bits per heavy atom. The van der Waals surface area contributed by atoms with Gasteiger partial charge in [0.15, 0.2) is 0 Å². The zero-order valence-corrected chi connectivity index (χ0v) is 13.5. The predicted octanol–water partition coefficient (Wildman–Crippen LogP) is 2.21. The third-order valence-corrected chi connectivity index (χ3v) is 5.01. The minimum absolute atomic E-state index is 0.124. The van der Waals surface area contributed by atoms with Crippen molar-refractivity contribution in [2.45, 2.75) is 31.7 Å². The zero-order chi connectivity index (χ0) is 16.2. The molecule has 0 bridgehead atoms. The number of hydrogen-bond donors (Lipinski definition) is 1. The van der Waals surface area contributed by atoms with Crippen molar-refractivity contribution in [1.29, 1.82) is 0 Å². The molecule has 2 aliphatic rings. The summed E-state index contributed by atoms with van der Waals surface area (Å²) in [5.41, 5.74) is 1.37. The Bertz CT molecular complexity index is 555. The summed E-state index contributed by atoms with van der Waals surface area (Å²) in [6, 6.07) is 10.8. The molecule has 23 heavy (non-hydrogen) atoms. The molecule has 1 aliphatic heterocycles. The lowest BCUT2D eigenvalue weighted by Gasteiger charge is -2.42. The van der Waals surface area contributed by atoms with E-state index in [1.807, 2.05) is 18.0 Å². The van der Waals surface area contributed by atoms with Crippen LogP contribution in [0.25, 0.3) is 0 Å². The van der Waals surface area contributed by atoms with Gasteiger partial charge in [0.05, 0.1) is 12.5 Å². The smallest absolute Gasteiger partial charge is 0.407 e. The van der Waals surface area contributed by atoms with E-state index in [4.69, 9.17) is 4.74 Å². The molecule has 1 aromatic rings. The van der Waals surface area contributed by atoms with Crippen LogP contribution in [-0.4, -0.2) is 43.1 Å². The van der Waals surface area contributed by atoms with Gasteiger partial charge >= 0.3 is 6.09 Å². The molecule has 1 aliphatic carbocycles. The highest BCUT2D eigenvalue weighted by molar-refractivity contribution is 5.80. The normalized spacial score (nSPS) is 27.2. The summed E-state index contributed by atoms with van der Waals surface area (Å²) in [4.78, 5) is 25.6. The molecular weight excluding hydrogens is 292 g/mol. The maximum atomic E-state index is 12.6. The van der Waals surface area contributed by atoms with E-state index in [2.05, 4.69) is 29.6 Å². The minimum Gasteiger partial charge on any atom is -0.450 e. The average molecular weight is 316 g/mol. The zero-order valence-electron chi connectivity index (χ0n) is 13.5. The molecule has 1 saturated heterocycles. The molecule has 1 N–H and O–H groups in total. The highest BCUT2D eigenvalue weighted by Crippen LogP contribution is 2.34. The summed E-state index contributed by atoms with van der Waals surface area (Å²) in [7, 11) is 1.89. The van der Waals surface area contributed by atoms with E-state index < -0.39 is 6.09 Å². The fourth-order valence-corrected chi connectivity index (χ4v) is 3.46. The Kier molecular flexibility index (Phi) is 4.84. The number of rotatable bonds is 4. The van der Waals surface area contributed by atoms with E-state index in [9.17, 15) is 9.59 Å². The summed E-state index contributed by atoms with van der Waals surface area (Å²) >= 11 is 0. The van der Waals surface area contributed by atoms with Crippen molar-refractivity contribution in [3.8, 4) is 0 Å². The van der Waals surface area contributed by atoms with Crippen LogP contribution in [0.2, 0.25) is 0 Å². The first kappa shape index (κ1) is 15.8. The largest absolute Gasteiger partial charge is 0.450 e. The van der Waals surface area contributed by atoms with Crippen LogP contribution in [0.4, 0.5) is 4.79 Å². The van der Waals surface area contributed by atoms with E-state index >= 15 is 0 Å². The summed E-state index contributed by atoms with van der Waals surface area (Å²) in [5.74, 6) is 0.619. The van der Waals surface area contributed by atoms with Crippen molar-refractivity contribution in [3.63, 3.8) is 0 Å². The van der Waals surface area contributed by atoms with Gasteiger partial charge in [-0.05, 0) is 37.2 Å². The number of alkyl carbamates (subject to hydrolysis) is 1. The molecule has 0 radical (unpaired) electrons. The number of nitrogens with one attached hydrogen (secondary N) is 1. The van der Waals surface area contributed by atoms with Crippen molar-refractivity contribution >= 4 is 12.0 Å². The molecule has 3 rings (SSSR count). The SMILES string of the molecule is CN(C(=O)[C@@H]1CCOC(=O)NC1)C1CC(Cc2ccccc2)C1. The molecule has 0 spiro atoms. The second-order valence-electron chi connectivity index (χ2n) is 6.63. The van der Waals surface area contributed by atoms with Crippen molar-refractivity contribution in [2.75, 3.05) is 20.2 Å². The van der Waals surface area contributed by atoms with Gasteiger partial charge in [-0.3, -0.25) is 4.79 Å². The molecule has 1 aromatic carbocycles. The fourth-order valence-electron chi connectivity index (χ4n) is 3.46. The van der Waals surface area contributed by atoms with Gasteiger partial charge in [-0.1, -0.05) is 30.3 Å². The third kappa shape index (κ3) is 3.84. The van der Waals surface area contributed by atoms with Crippen molar-refractivity contribution < 1.29 is 14.3 Å². The topological polar surface area (TPSA) is 58.6 Å². The Morgan fingerprint density at radius 3 is 2.78 bits per heavy atom. The summed E-state index contributed by atoms with van der Waals surface area (Å²) < 4.78 is 4.93. The fraction of sp³-hybridized carbons (Fsp3) is 0.556. The second kappa shape index (κ2) is 7.02. The van der Waals surface area contributed by atoms with Crippen molar-refractivity contribution in [2.24, 2.45) is 11.8 Å². The second-order valence-corrected chi connectivity index (χ2v) is 6.63. The molecule has 1 atom stereocenters.